The van der Waals surface area contributed by atoms with Crippen molar-refractivity contribution in [3.8, 4) is 17.0 Å². The molecule has 0 aliphatic rings. The highest BCUT2D eigenvalue weighted by Gasteiger charge is 2.14. The minimum atomic E-state index is -0.104. The third-order valence-corrected chi connectivity index (χ3v) is 7.09. The average Bonchev–Trinajstić information content (AvgIpc) is 3.44. The smallest absolute Gasteiger partial charge is 0.232 e. The Morgan fingerprint density at radius 2 is 1.97 bits per heavy atom. The standard InChI is InChI=1S/C23H20N4O2S2.ClH/c1-13-4-5-15(8-14(13)2)19-11-27-16(12-30-23(27)25-19)9-21(28)26-22-24-18-7-6-17(29-3)10-20(18)31-22;/h4-8,10-12H,9H2,1-3H3,(H,24,26,28);1H. The Morgan fingerprint density at radius 1 is 1.12 bits per heavy atom. The molecule has 0 saturated carbocycles. The molecule has 1 N–H and O–H groups in total. The number of carbonyl (C=O) groups is 1. The molecule has 3 heterocycles. The lowest BCUT2D eigenvalue weighted by Crippen LogP contribution is -2.15. The number of amides is 1. The number of benzene rings is 2. The molecule has 9 heteroatoms. The fourth-order valence-corrected chi connectivity index (χ4v) is 5.19. The molecule has 5 aromatic rings. The number of imidazole rings is 1. The van der Waals surface area contributed by atoms with Gasteiger partial charge in [0, 0.05) is 22.8 Å². The first-order chi connectivity index (χ1) is 15.0. The Hall–Kier alpha value is -2.94. The number of fused-ring (bicyclic) bond motifs is 2. The number of hydrogen-bond donors (Lipinski definition) is 1. The van der Waals surface area contributed by atoms with Crippen LogP contribution < -0.4 is 10.1 Å². The summed E-state index contributed by atoms with van der Waals surface area (Å²) in [6.45, 7) is 4.20. The van der Waals surface area contributed by atoms with E-state index in [9.17, 15) is 4.79 Å². The van der Waals surface area contributed by atoms with E-state index >= 15 is 0 Å². The van der Waals surface area contributed by atoms with E-state index in [1.807, 2.05) is 34.2 Å². The van der Waals surface area contributed by atoms with Crippen LogP contribution in [0.1, 0.15) is 16.8 Å². The molecular weight excluding hydrogens is 464 g/mol. The van der Waals surface area contributed by atoms with Crippen LogP contribution >= 0.6 is 35.1 Å². The summed E-state index contributed by atoms with van der Waals surface area (Å²) in [5, 5.41) is 5.49. The van der Waals surface area contributed by atoms with E-state index in [2.05, 4.69) is 42.3 Å². The maximum atomic E-state index is 12.7. The van der Waals surface area contributed by atoms with Gasteiger partial charge in [0.1, 0.15) is 5.75 Å². The van der Waals surface area contributed by atoms with Gasteiger partial charge in [-0.05, 0) is 49.2 Å². The van der Waals surface area contributed by atoms with Crippen LogP contribution in [0.15, 0.2) is 48.0 Å². The number of hydrogen-bond acceptors (Lipinski definition) is 6. The predicted octanol–water partition coefficient (Wildman–Crippen LogP) is 5.90. The van der Waals surface area contributed by atoms with Crippen molar-refractivity contribution in [3.63, 3.8) is 0 Å². The number of ether oxygens (including phenoxy) is 1. The molecular formula is C23H21ClN4O2S2. The van der Waals surface area contributed by atoms with Crippen LogP contribution in [0.2, 0.25) is 0 Å². The second kappa shape index (κ2) is 8.90. The highest BCUT2D eigenvalue weighted by Crippen LogP contribution is 2.30. The molecule has 32 heavy (non-hydrogen) atoms. The summed E-state index contributed by atoms with van der Waals surface area (Å²) in [7, 11) is 1.63. The number of nitrogens with zero attached hydrogens (tertiary/aromatic N) is 3. The van der Waals surface area contributed by atoms with Crippen molar-refractivity contribution in [2.45, 2.75) is 20.3 Å². The van der Waals surface area contributed by atoms with Gasteiger partial charge in [-0.2, -0.15) is 0 Å². The molecule has 1 amide bonds. The van der Waals surface area contributed by atoms with Gasteiger partial charge >= 0.3 is 0 Å². The maximum Gasteiger partial charge on any atom is 0.232 e. The molecule has 3 aromatic heterocycles. The van der Waals surface area contributed by atoms with Gasteiger partial charge in [-0.3, -0.25) is 9.20 Å². The Morgan fingerprint density at radius 3 is 2.75 bits per heavy atom. The molecule has 0 radical (unpaired) electrons. The Bertz CT molecular complexity index is 1440. The van der Waals surface area contributed by atoms with Gasteiger partial charge in [-0.15, -0.1) is 23.7 Å². The topological polar surface area (TPSA) is 68.5 Å². The summed E-state index contributed by atoms with van der Waals surface area (Å²) >= 11 is 2.97. The molecule has 5 rings (SSSR count). The number of thiazole rings is 2. The van der Waals surface area contributed by atoms with Crippen LogP contribution in [0.5, 0.6) is 5.75 Å². The molecule has 0 aliphatic heterocycles. The van der Waals surface area contributed by atoms with Crippen LogP contribution in [-0.2, 0) is 11.2 Å². The van der Waals surface area contributed by atoms with Gasteiger partial charge in [0.15, 0.2) is 10.1 Å². The van der Waals surface area contributed by atoms with Gasteiger partial charge in [-0.1, -0.05) is 23.5 Å². The van der Waals surface area contributed by atoms with Crippen molar-refractivity contribution in [2.24, 2.45) is 0 Å². The zero-order chi connectivity index (χ0) is 21.5. The lowest BCUT2D eigenvalue weighted by Gasteiger charge is -2.02. The van der Waals surface area contributed by atoms with Gasteiger partial charge in [0.2, 0.25) is 5.91 Å². The molecule has 0 saturated heterocycles. The monoisotopic (exact) mass is 484 g/mol. The first kappa shape index (κ1) is 22.3. The van der Waals surface area contributed by atoms with Crippen LogP contribution in [0.25, 0.3) is 26.4 Å². The Labute approximate surface area is 199 Å². The lowest BCUT2D eigenvalue weighted by molar-refractivity contribution is -0.115. The second-order valence-corrected chi connectivity index (χ2v) is 9.25. The van der Waals surface area contributed by atoms with Gasteiger partial charge in [-0.25, -0.2) is 9.97 Å². The van der Waals surface area contributed by atoms with E-state index in [1.165, 1.54) is 33.8 Å². The molecule has 6 nitrogen and oxygen atoms in total. The van der Waals surface area contributed by atoms with Crippen LogP contribution in [0.3, 0.4) is 0 Å². The van der Waals surface area contributed by atoms with Crippen molar-refractivity contribution in [1.29, 1.82) is 0 Å². The Balaban J connectivity index is 0.00000245. The van der Waals surface area contributed by atoms with Crippen molar-refractivity contribution in [3.05, 3.63) is 64.8 Å². The molecule has 164 valence electrons. The van der Waals surface area contributed by atoms with Crippen molar-refractivity contribution >= 4 is 61.3 Å². The number of rotatable bonds is 5. The summed E-state index contributed by atoms with van der Waals surface area (Å²) in [5.74, 6) is 0.668. The highest BCUT2D eigenvalue weighted by molar-refractivity contribution is 7.22. The number of halogens is 1. The molecule has 0 aliphatic carbocycles. The normalized spacial score (nSPS) is 11.0. The fourth-order valence-electron chi connectivity index (χ4n) is 3.41. The molecule has 0 bridgehead atoms. The molecule has 0 fully saturated rings. The van der Waals surface area contributed by atoms with Crippen LogP contribution in [0.4, 0.5) is 5.13 Å². The zero-order valence-electron chi connectivity index (χ0n) is 17.7. The summed E-state index contributed by atoms with van der Waals surface area (Å²) in [4.78, 5) is 22.8. The third kappa shape index (κ3) is 4.21. The number of aryl methyl sites for hydroxylation is 2. The largest absolute Gasteiger partial charge is 0.497 e. The summed E-state index contributed by atoms with van der Waals surface area (Å²) < 4.78 is 8.22. The molecule has 0 spiro atoms. The molecule has 2 aromatic carbocycles. The second-order valence-electron chi connectivity index (χ2n) is 7.38. The van der Waals surface area contributed by atoms with Gasteiger partial charge in [0.05, 0.1) is 29.4 Å². The van der Waals surface area contributed by atoms with Gasteiger partial charge in [0.25, 0.3) is 0 Å². The Kier molecular flexibility index (Phi) is 6.19. The number of carbonyl (C=O) groups excluding carboxylic acids is 1. The highest BCUT2D eigenvalue weighted by atomic mass is 35.5. The average molecular weight is 485 g/mol. The van der Waals surface area contributed by atoms with E-state index in [0.29, 0.717) is 5.13 Å². The van der Waals surface area contributed by atoms with Crippen molar-refractivity contribution in [1.82, 2.24) is 14.4 Å². The van der Waals surface area contributed by atoms with E-state index in [4.69, 9.17) is 9.72 Å². The third-order valence-electron chi connectivity index (χ3n) is 5.27. The lowest BCUT2D eigenvalue weighted by atomic mass is 10.1. The van der Waals surface area contributed by atoms with E-state index in [1.54, 1.807) is 7.11 Å². The number of anilines is 1. The number of aromatic nitrogens is 3. The van der Waals surface area contributed by atoms with E-state index in [0.717, 1.165) is 37.9 Å². The summed E-state index contributed by atoms with van der Waals surface area (Å²) in [6, 6.07) is 12.0. The van der Waals surface area contributed by atoms with E-state index < -0.39 is 0 Å². The summed E-state index contributed by atoms with van der Waals surface area (Å²) in [6.07, 6.45) is 2.25. The number of nitrogens with one attached hydrogen (secondary N) is 1. The summed E-state index contributed by atoms with van der Waals surface area (Å²) in [5.41, 5.74) is 6.24. The van der Waals surface area contributed by atoms with E-state index in [-0.39, 0.29) is 24.7 Å². The quantitative estimate of drug-likeness (QED) is 0.337. The first-order valence-electron chi connectivity index (χ1n) is 9.77. The minimum absolute atomic E-state index is 0. The van der Waals surface area contributed by atoms with Crippen LogP contribution in [0, 0.1) is 13.8 Å². The first-order valence-corrected chi connectivity index (χ1v) is 11.5. The van der Waals surface area contributed by atoms with Crippen molar-refractivity contribution in [2.75, 3.05) is 12.4 Å². The maximum absolute atomic E-state index is 12.7. The SMILES string of the molecule is COc1ccc2nc(NC(=O)Cc3csc4nc(-c5ccc(C)c(C)c5)cn34)sc2c1.Cl. The minimum Gasteiger partial charge on any atom is -0.497 e. The van der Waals surface area contributed by atoms with Gasteiger partial charge < -0.3 is 10.1 Å². The molecule has 0 atom stereocenters. The van der Waals surface area contributed by atoms with Crippen molar-refractivity contribution < 1.29 is 9.53 Å². The molecule has 0 unspecified atom stereocenters. The predicted molar refractivity (Wildman–Crippen MR) is 134 cm³/mol. The fraction of sp³-hybridized carbons (Fsp3) is 0.174. The zero-order valence-corrected chi connectivity index (χ0v) is 20.2. The van der Waals surface area contributed by atoms with Crippen LogP contribution in [-0.4, -0.2) is 27.4 Å². The number of methoxy groups -OCH3 is 1.